The molecule has 1 aromatic carbocycles. The number of H-pyrrole nitrogens is 1. The van der Waals surface area contributed by atoms with Gasteiger partial charge in [-0.2, -0.15) is 4.98 Å². The Morgan fingerprint density at radius 3 is 2.58 bits per heavy atom. The number of aromatic nitrogens is 4. The Hall–Kier alpha value is -4.14. The molecule has 0 saturated heterocycles. The number of hydrogen-bond acceptors (Lipinski definition) is 6. The summed E-state index contributed by atoms with van der Waals surface area (Å²) in [5.74, 6) is -0.0314. The third-order valence-electron chi connectivity index (χ3n) is 5.03. The number of primary amides is 1. The molecule has 8 nitrogen and oxygen atoms in total. The highest BCUT2D eigenvalue weighted by atomic mass is 19.1. The second kappa shape index (κ2) is 8.09. The number of carbonyl (C=O) groups is 1. The Morgan fingerprint density at radius 1 is 1.15 bits per heavy atom. The maximum atomic E-state index is 13.6. The molecule has 3 N–H and O–H groups in total. The highest BCUT2D eigenvalue weighted by molar-refractivity contribution is 6.03. The van der Waals surface area contributed by atoms with Crippen molar-refractivity contribution in [2.45, 2.75) is 33.1 Å². The van der Waals surface area contributed by atoms with Crippen molar-refractivity contribution < 1.29 is 13.9 Å². The third-order valence-corrected chi connectivity index (χ3v) is 5.03. The molecule has 0 atom stereocenters. The third kappa shape index (κ3) is 4.30. The molecule has 0 spiro atoms. The molecule has 168 valence electrons. The van der Waals surface area contributed by atoms with Crippen LogP contribution in [0.3, 0.4) is 0 Å². The Morgan fingerprint density at radius 2 is 1.91 bits per heavy atom. The molecule has 4 rings (SSSR count). The molecule has 0 aliphatic heterocycles. The summed E-state index contributed by atoms with van der Waals surface area (Å²) in [5, 5.41) is 0.0952. The van der Waals surface area contributed by atoms with Crippen LogP contribution in [0.15, 0.2) is 47.5 Å². The van der Waals surface area contributed by atoms with E-state index in [1.165, 1.54) is 30.5 Å². The summed E-state index contributed by atoms with van der Waals surface area (Å²) in [6, 6.07) is 7.06. The molecule has 0 saturated carbocycles. The molecule has 0 unspecified atom stereocenters. The van der Waals surface area contributed by atoms with E-state index in [-0.39, 0.29) is 28.2 Å². The van der Waals surface area contributed by atoms with Crippen LogP contribution in [-0.2, 0) is 5.41 Å². The van der Waals surface area contributed by atoms with Gasteiger partial charge >= 0.3 is 0 Å². The van der Waals surface area contributed by atoms with Gasteiger partial charge in [0.15, 0.2) is 5.43 Å². The van der Waals surface area contributed by atoms with Gasteiger partial charge < -0.3 is 15.5 Å². The van der Waals surface area contributed by atoms with Crippen LogP contribution in [0.2, 0.25) is 0 Å². The van der Waals surface area contributed by atoms with E-state index in [4.69, 9.17) is 10.5 Å². The Kier molecular flexibility index (Phi) is 5.41. The van der Waals surface area contributed by atoms with Gasteiger partial charge in [0.1, 0.15) is 23.1 Å². The largest absolute Gasteiger partial charge is 0.438 e. The zero-order chi connectivity index (χ0) is 23.9. The lowest BCUT2D eigenvalue weighted by molar-refractivity contribution is 0.0997. The quantitative estimate of drug-likeness (QED) is 0.487. The smallest absolute Gasteiger partial charge is 0.268 e. The van der Waals surface area contributed by atoms with E-state index in [0.717, 1.165) is 0 Å². The second-order valence-corrected chi connectivity index (χ2v) is 8.67. The number of ether oxygens (including phenoxy) is 1. The van der Waals surface area contributed by atoms with Crippen LogP contribution >= 0.6 is 0 Å². The predicted molar refractivity (Wildman–Crippen MR) is 122 cm³/mol. The first-order valence-electron chi connectivity index (χ1n) is 10.2. The number of nitrogens with zero attached hydrogens (tertiary/aromatic N) is 3. The van der Waals surface area contributed by atoms with Crippen LogP contribution in [0.5, 0.6) is 11.6 Å². The van der Waals surface area contributed by atoms with Crippen LogP contribution in [-0.4, -0.2) is 25.8 Å². The van der Waals surface area contributed by atoms with E-state index in [1.807, 2.05) is 20.8 Å². The maximum Gasteiger partial charge on any atom is 0.268 e. The topological polar surface area (TPSA) is 124 Å². The van der Waals surface area contributed by atoms with E-state index < -0.39 is 11.3 Å². The van der Waals surface area contributed by atoms with E-state index in [2.05, 4.69) is 19.9 Å². The summed E-state index contributed by atoms with van der Waals surface area (Å²) in [7, 11) is 0. The summed E-state index contributed by atoms with van der Waals surface area (Å²) in [6.45, 7) is 7.61. The lowest BCUT2D eigenvalue weighted by Gasteiger charge is -2.19. The van der Waals surface area contributed by atoms with Gasteiger partial charge in [-0.25, -0.2) is 9.37 Å². The number of amides is 1. The molecule has 4 aromatic rings. The van der Waals surface area contributed by atoms with Gasteiger partial charge in [0.25, 0.3) is 5.91 Å². The van der Waals surface area contributed by atoms with E-state index in [0.29, 0.717) is 33.9 Å². The molecule has 0 radical (unpaired) electrons. The number of carbonyl (C=O) groups excluding carboxylic acids is 1. The van der Waals surface area contributed by atoms with E-state index >= 15 is 0 Å². The fourth-order valence-corrected chi connectivity index (χ4v) is 3.35. The first kappa shape index (κ1) is 22.1. The van der Waals surface area contributed by atoms with E-state index in [1.54, 1.807) is 19.2 Å². The van der Waals surface area contributed by atoms with Crippen LogP contribution in [0.4, 0.5) is 4.39 Å². The molecule has 3 heterocycles. The molecule has 33 heavy (non-hydrogen) atoms. The normalized spacial score (nSPS) is 11.5. The fraction of sp³-hybridized carbons (Fsp3) is 0.208. The number of nitrogens with one attached hydrogen (secondary N) is 1. The number of aromatic amines is 1. The Balaban J connectivity index is 1.92. The van der Waals surface area contributed by atoms with Crippen molar-refractivity contribution in [1.82, 2.24) is 19.9 Å². The molecular formula is C24H22FN5O3. The van der Waals surface area contributed by atoms with Crippen LogP contribution in [0, 0.1) is 12.7 Å². The monoisotopic (exact) mass is 447 g/mol. The Bertz CT molecular complexity index is 1460. The van der Waals surface area contributed by atoms with Crippen molar-refractivity contribution in [1.29, 1.82) is 0 Å². The van der Waals surface area contributed by atoms with Crippen molar-refractivity contribution >= 4 is 16.8 Å². The maximum absolute atomic E-state index is 13.6. The summed E-state index contributed by atoms with van der Waals surface area (Å²) in [4.78, 5) is 40.7. The molecule has 0 fully saturated rings. The minimum Gasteiger partial charge on any atom is -0.438 e. The summed E-state index contributed by atoms with van der Waals surface area (Å²) in [6.07, 6.45) is 2.95. The van der Waals surface area contributed by atoms with Gasteiger partial charge in [-0.15, -0.1) is 0 Å². The van der Waals surface area contributed by atoms with Gasteiger partial charge in [-0.1, -0.05) is 20.8 Å². The van der Waals surface area contributed by atoms with Crippen LogP contribution in [0.25, 0.3) is 22.2 Å². The summed E-state index contributed by atoms with van der Waals surface area (Å²) < 4.78 is 19.6. The number of hydrogen-bond donors (Lipinski definition) is 2. The molecule has 3 aromatic heterocycles. The lowest BCUT2D eigenvalue weighted by atomic mass is 9.95. The summed E-state index contributed by atoms with van der Waals surface area (Å²) >= 11 is 0. The van der Waals surface area contributed by atoms with Crippen molar-refractivity contribution in [3.63, 3.8) is 0 Å². The minimum absolute atomic E-state index is 0.0952. The Labute approximate surface area is 188 Å². The number of halogens is 1. The number of pyridine rings is 2. The van der Waals surface area contributed by atoms with E-state index in [9.17, 15) is 14.0 Å². The molecular weight excluding hydrogens is 425 g/mol. The van der Waals surface area contributed by atoms with Crippen molar-refractivity contribution in [2.24, 2.45) is 5.73 Å². The molecule has 9 heteroatoms. The van der Waals surface area contributed by atoms with Crippen molar-refractivity contribution in [2.75, 3.05) is 0 Å². The minimum atomic E-state index is -0.799. The van der Waals surface area contributed by atoms with Gasteiger partial charge in [-0.3, -0.25) is 14.6 Å². The predicted octanol–water partition coefficient (Wildman–Crippen LogP) is 4.02. The molecule has 0 aliphatic carbocycles. The van der Waals surface area contributed by atoms with Gasteiger partial charge in [0.05, 0.1) is 22.2 Å². The highest BCUT2D eigenvalue weighted by Crippen LogP contribution is 2.34. The molecule has 0 bridgehead atoms. The lowest BCUT2D eigenvalue weighted by Crippen LogP contribution is -2.18. The first-order chi connectivity index (χ1) is 15.5. The fourth-order valence-electron chi connectivity index (χ4n) is 3.35. The van der Waals surface area contributed by atoms with Gasteiger partial charge in [0, 0.05) is 23.9 Å². The average molecular weight is 447 g/mol. The number of fused-ring (bicyclic) bond motifs is 1. The first-order valence-corrected chi connectivity index (χ1v) is 10.2. The highest BCUT2D eigenvalue weighted by Gasteiger charge is 2.22. The van der Waals surface area contributed by atoms with Crippen molar-refractivity contribution in [3.05, 3.63) is 75.8 Å². The van der Waals surface area contributed by atoms with Crippen molar-refractivity contribution in [3.8, 4) is 22.9 Å². The second-order valence-electron chi connectivity index (χ2n) is 8.67. The zero-order valence-electron chi connectivity index (χ0n) is 18.6. The molecule has 1 amide bonds. The number of aryl methyl sites for hydroxylation is 1. The van der Waals surface area contributed by atoms with Crippen LogP contribution in [0.1, 0.15) is 42.6 Å². The number of benzene rings is 1. The number of nitrogens with two attached hydrogens (primary N) is 1. The van der Waals surface area contributed by atoms with Crippen LogP contribution < -0.4 is 15.9 Å². The van der Waals surface area contributed by atoms with Gasteiger partial charge in [-0.05, 0) is 36.8 Å². The number of rotatable bonds is 4. The SMILES string of the molecule is Cc1cc(F)ccc1Oc1nc(C(C)(C)C)ncc1-c1cc(=O)c2c(C(N)=O)nccc2[nH]1. The molecule has 0 aliphatic rings. The average Bonchev–Trinajstić information content (AvgIpc) is 2.74. The standard InChI is InChI=1S/C24H22FN5O3/c1-12-9-13(25)5-6-18(12)33-22-14(11-28-23(30-22)24(2,3)4)16-10-17(31)19-15(29-16)7-8-27-20(19)21(26)32/h5-11H,1-4H3,(H2,26,32)(H,29,31). The van der Waals surface area contributed by atoms with Gasteiger partial charge in [0.2, 0.25) is 5.88 Å². The zero-order valence-corrected chi connectivity index (χ0v) is 18.6. The summed E-state index contributed by atoms with van der Waals surface area (Å²) in [5.41, 5.74) is 6.21.